The number of nitrogens with one attached hydrogen (secondary N) is 1. The molecule has 0 radical (unpaired) electrons. The highest BCUT2D eigenvalue weighted by atomic mass is 35.5. The third kappa shape index (κ3) is 3.45. The van der Waals surface area contributed by atoms with E-state index in [2.05, 4.69) is 35.8 Å². The van der Waals surface area contributed by atoms with Crippen LogP contribution in [0.15, 0.2) is 24.7 Å². The van der Waals surface area contributed by atoms with E-state index in [1.54, 1.807) is 18.5 Å². The van der Waals surface area contributed by atoms with Crippen molar-refractivity contribution in [2.75, 3.05) is 13.1 Å². The number of Topliss-reactive ketones (excluding diaryl/α,β-unsaturated/α-hetero) is 1. The molecule has 1 aliphatic carbocycles. The Morgan fingerprint density at radius 1 is 1.23 bits per heavy atom. The number of ketones is 1. The van der Waals surface area contributed by atoms with Gasteiger partial charge in [-0.25, -0.2) is 0 Å². The fourth-order valence-corrected chi connectivity index (χ4v) is 5.03. The lowest BCUT2D eigenvalue weighted by atomic mass is 9.67. The number of aromatic nitrogens is 4. The molecule has 0 saturated carbocycles. The standard InChI is InChI=1S/C23H26ClN5O2/c1-22(2,3)29-13-15-9-23(10-18(30)19(15)27-29)4-6-28(7-5-23)21(31)14-8-17-20(26-11-14)16(24)12-25-17/h8,11-13,25H,4-7,9-10H2,1-3H3. The van der Waals surface area contributed by atoms with Crippen LogP contribution in [0.2, 0.25) is 5.02 Å². The lowest BCUT2D eigenvalue weighted by molar-refractivity contribution is 0.0519. The van der Waals surface area contributed by atoms with Gasteiger partial charge in [-0.1, -0.05) is 11.6 Å². The van der Waals surface area contributed by atoms with Crippen molar-refractivity contribution in [3.8, 4) is 0 Å². The number of pyridine rings is 1. The van der Waals surface area contributed by atoms with Crippen molar-refractivity contribution < 1.29 is 9.59 Å². The summed E-state index contributed by atoms with van der Waals surface area (Å²) >= 11 is 6.09. The van der Waals surface area contributed by atoms with Gasteiger partial charge in [0, 0.05) is 43.7 Å². The Hall–Kier alpha value is -2.67. The number of amides is 1. The van der Waals surface area contributed by atoms with Crippen molar-refractivity contribution in [1.82, 2.24) is 24.6 Å². The van der Waals surface area contributed by atoms with Crippen LogP contribution in [0.3, 0.4) is 0 Å². The van der Waals surface area contributed by atoms with Crippen LogP contribution < -0.4 is 0 Å². The lowest BCUT2D eigenvalue weighted by Gasteiger charge is -2.43. The van der Waals surface area contributed by atoms with Gasteiger partial charge < -0.3 is 9.88 Å². The number of carbonyl (C=O) groups is 2. The zero-order valence-electron chi connectivity index (χ0n) is 18.0. The number of rotatable bonds is 1. The van der Waals surface area contributed by atoms with Crippen LogP contribution in [0, 0.1) is 5.41 Å². The van der Waals surface area contributed by atoms with Crippen molar-refractivity contribution >= 4 is 34.3 Å². The summed E-state index contributed by atoms with van der Waals surface area (Å²) in [5.74, 6) is 0.0978. The van der Waals surface area contributed by atoms with Crippen LogP contribution in [0.1, 0.15) is 66.4 Å². The van der Waals surface area contributed by atoms with Gasteiger partial charge in [-0.2, -0.15) is 5.10 Å². The number of hydrogen-bond donors (Lipinski definition) is 1. The second-order valence-corrected chi connectivity index (χ2v) is 10.4. The van der Waals surface area contributed by atoms with E-state index in [4.69, 9.17) is 11.6 Å². The molecule has 8 heteroatoms. The van der Waals surface area contributed by atoms with Crippen molar-refractivity contribution in [1.29, 1.82) is 0 Å². The van der Waals surface area contributed by atoms with Gasteiger partial charge in [-0.05, 0) is 51.5 Å². The maximum absolute atomic E-state index is 13.1. The molecule has 0 atom stereocenters. The minimum absolute atomic E-state index is 0.0293. The van der Waals surface area contributed by atoms with E-state index in [0.29, 0.717) is 41.3 Å². The monoisotopic (exact) mass is 439 g/mol. The third-order valence-electron chi connectivity index (χ3n) is 6.67. The van der Waals surface area contributed by atoms with Crippen molar-refractivity contribution in [3.63, 3.8) is 0 Å². The molecule has 3 aromatic rings. The molecule has 1 N–H and O–H groups in total. The normalized spacial score (nSPS) is 18.6. The second kappa shape index (κ2) is 6.92. The van der Waals surface area contributed by atoms with Crippen LogP contribution in [0.25, 0.3) is 11.0 Å². The summed E-state index contributed by atoms with van der Waals surface area (Å²) < 4.78 is 1.91. The van der Waals surface area contributed by atoms with Gasteiger partial charge in [-0.15, -0.1) is 0 Å². The topological polar surface area (TPSA) is 83.9 Å². The predicted octanol–water partition coefficient (Wildman–Crippen LogP) is 4.22. The van der Waals surface area contributed by atoms with Gasteiger partial charge in [0.1, 0.15) is 11.2 Å². The molecule has 31 heavy (non-hydrogen) atoms. The Morgan fingerprint density at radius 3 is 2.68 bits per heavy atom. The molecular formula is C23H26ClN5O2. The van der Waals surface area contributed by atoms with Crippen LogP contribution in [0.4, 0.5) is 0 Å². The summed E-state index contributed by atoms with van der Waals surface area (Å²) in [5, 5.41) is 5.12. The molecule has 5 rings (SSSR count). The molecule has 2 aliphatic rings. The van der Waals surface area contributed by atoms with Crippen LogP contribution in [0.5, 0.6) is 0 Å². The smallest absolute Gasteiger partial charge is 0.255 e. The Labute approximate surface area is 185 Å². The number of carbonyl (C=O) groups excluding carboxylic acids is 2. The number of nitrogens with zero attached hydrogens (tertiary/aromatic N) is 4. The van der Waals surface area contributed by atoms with Gasteiger partial charge in [0.15, 0.2) is 5.78 Å². The number of halogens is 1. The molecule has 1 amide bonds. The number of fused-ring (bicyclic) bond motifs is 2. The molecule has 1 fully saturated rings. The number of aromatic amines is 1. The quantitative estimate of drug-likeness (QED) is 0.615. The van der Waals surface area contributed by atoms with Crippen molar-refractivity contribution in [2.24, 2.45) is 5.41 Å². The fourth-order valence-electron chi connectivity index (χ4n) is 4.82. The Bertz CT molecular complexity index is 1190. The van der Waals surface area contributed by atoms with Crippen molar-refractivity contribution in [2.45, 2.75) is 52.0 Å². The minimum atomic E-state index is -0.154. The van der Waals surface area contributed by atoms with Crippen LogP contribution in [-0.2, 0) is 12.0 Å². The third-order valence-corrected chi connectivity index (χ3v) is 6.96. The Balaban J connectivity index is 1.32. The van der Waals surface area contributed by atoms with Gasteiger partial charge in [0.25, 0.3) is 5.91 Å². The molecule has 3 aromatic heterocycles. The highest BCUT2D eigenvalue weighted by Gasteiger charge is 2.43. The van der Waals surface area contributed by atoms with Gasteiger partial charge >= 0.3 is 0 Å². The average molecular weight is 440 g/mol. The number of piperidine rings is 1. The molecule has 0 bridgehead atoms. The predicted molar refractivity (Wildman–Crippen MR) is 119 cm³/mol. The van der Waals surface area contributed by atoms with E-state index in [0.717, 1.165) is 30.3 Å². The first kappa shape index (κ1) is 20.2. The Kier molecular flexibility index (Phi) is 4.52. The molecule has 4 heterocycles. The maximum Gasteiger partial charge on any atom is 0.255 e. The first-order chi connectivity index (χ1) is 14.7. The largest absolute Gasteiger partial charge is 0.358 e. The first-order valence-corrected chi connectivity index (χ1v) is 11.1. The molecule has 0 unspecified atom stereocenters. The summed E-state index contributed by atoms with van der Waals surface area (Å²) in [6.07, 6.45) is 8.29. The van der Waals surface area contributed by atoms with E-state index in [9.17, 15) is 9.59 Å². The van der Waals surface area contributed by atoms with Gasteiger partial charge in [0.05, 0.1) is 21.6 Å². The fraction of sp³-hybridized carbons (Fsp3) is 0.478. The zero-order chi connectivity index (χ0) is 22.0. The molecule has 1 saturated heterocycles. The summed E-state index contributed by atoms with van der Waals surface area (Å²) in [4.78, 5) is 35.2. The molecule has 1 spiro atoms. The first-order valence-electron chi connectivity index (χ1n) is 10.7. The average Bonchev–Trinajstić information content (AvgIpc) is 3.32. The molecule has 162 valence electrons. The summed E-state index contributed by atoms with van der Waals surface area (Å²) in [6, 6.07) is 1.80. The Morgan fingerprint density at radius 2 is 1.97 bits per heavy atom. The van der Waals surface area contributed by atoms with Gasteiger partial charge in [0.2, 0.25) is 0 Å². The van der Waals surface area contributed by atoms with Gasteiger partial charge in [-0.3, -0.25) is 19.3 Å². The summed E-state index contributed by atoms with van der Waals surface area (Å²) in [5.41, 5.74) is 3.41. The summed E-state index contributed by atoms with van der Waals surface area (Å²) in [7, 11) is 0. The summed E-state index contributed by atoms with van der Waals surface area (Å²) in [6.45, 7) is 7.53. The maximum atomic E-state index is 13.1. The van der Waals surface area contributed by atoms with Crippen molar-refractivity contribution in [3.05, 3.63) is 46.5 Å². The SMILES string of the molecule is CC(C)(C)n1cc2c(n1)C(=O)CC1(CCN(C(=O)c3cnc4c(Cl)c[nH]c4c3)CC1)C2. The number of likely N-dealkylation sites (tertiary alicyclic amines) is 1. The molecule has 1 aliphatic heterocycles. The van der Waals surface area contributed by atoms with E-state index in [1.807, 2.05) is 15.8 Å². The van der Waals surface area contributed by atoms with Crippen LogP contribution >= 0.6 is 11.6 Å². The number of hydrogen-bond acceptors (Lipinski definition) is 4. The van der Waals surface area contributed by atoms with E-state index < -0.39 is 0 Å². The zero-order valence-corrected chi connectivity index (χ0v) is 18.8. The lowest BCUT2D eigenvalue weighted by Crippen LogP contribution is -2.46. The molecule has 0 aromatic carbocycles. The molecule has 7 nitrogen and oxygen atoms in total. The highest BCUT2D eigenvalue weighted by molar-refractivity contribution is 6.35. The molecular weight excluding hydrogens is 414 g/mol. The minimum Gasteiger partial charge on any atom is -0.358 e. The van der Waals surface area contributed by atoms with E-state index in [1.165, 1.54) is 0 Å². The van der Waals surface area contributed by atoms with Crippen LogP contribution in [-0.4, -0.2) is 49.4 Å². The van der Waals surface area contributed by atoms with E-state index >= 15 is 0 Å². The number of H-pyrrole nitrogens is 1. The highest BCUT2D eigenvalue weighted by Crippen LogP contribution is 2.43. The second-order valence-electron chi connectivity index (χ2n) is 9.94. The van der Waals surface area contributed by atoms with E-state index in [-0.39, 0.29) is 22.6 Å².